The molecule has 1 aliphatic rings. The fraction of sp³-hybridized carbons (Fsp3) is 0.878. The van der Waals surface area contributed by atoms with Gasteiger partial charge in [-0.05, 0) is 25.7 Å². The number of carbonyl (C=O) groups is 1. The first-order valence-electron chi connectivity index (χ1n) is 21.3. The average molecular weight is 808 g/mol. The SMILES string of the molecule is CCC/C=C/CC/C=C/C(O)C(COC1OC(CO)C(O)C(OS(=O)(=O)O)C1O)NC(=O)C(O)CCCCCCCCCCCCCCCCCCCCC. The van der Waals surface area contributed by atoms with Gasteiger partial charge in [0.05, 0.1) is 25.4 Å². The Morgan fingerprint density at radius 2 is 1.22 bits per heavy atom. The van der Waals surface area contributed by atoms with E-state index >= 15 is 0 Å². The lowest BCUT2D eigenvalue weighted by molar-refractivity contribution is -0.298. The van der Waals surface area contributed by atoms with Crippen molar-refractivity contribution in [3.8, 4) is 0 Å². The van der Waals surface area contributed by atoms with Crippen molar-refractivity contribution in [2.75, 3.05) is 13.2 Å². The van der Waals surface area contributed by atoms with Crippen LogP contribution in [0, 0.1) is 0 Å². The number of aliphatic hydroxyl groups excluding tert-OH is 5. The van der Waals surface area contributed by atoms with Crippen molar-refractivity contribution in [2.45, 2.75) is 217 Å². The maximum absolute atomic E-state index is 13.0. The van der Waals surface area contributed by atoms with E-state index in [4.69, 9.17) is 14.0 Å². The smallest absolute Gasteiger partial charge is 0.394 e. The van der Waals surface area contributed by atoms with Crippen LogP contribution in [0.4, 0.5) is 0 Å². The molecule has 1 fully saturated rings. The van der Waals surface area contributed by atoms with Crippen molar-refractivity contribution in [1.82, 2.24) is 5.32 Å². The largest absolute Gasteiger partial charge is 0.397 e. The van der Waals surface area contributed by atoms with Gasteiger partial charge >= 0.3 is 10.4 Å². The second-order valence-electron chi connectivity index (χ2n) is 15.1. The summed E-state index contributed by atoms with van der Waals surface area (Å²) >= 11 is 0. The first-order valence-corrected chi connectivity index (χ1v) is 22.7. The van der Waals surface area contributed by atoms with Crippen LogP contribution in [-0.2, 0) is 28.9 Å². The molecule has 1 rings (SSSR count). The molecular formula is C41H77NO12S. The number of aliphatic hydroxyl groups is 5. The van der Waals surface area contributed by atoms with E-state index in [1.54, 1.807) is 6.08 Å². The van der Waals surface area contributed by atoms with Gasteiger partial charge in [-0.25, -0.2) is 4.18 Å². The monoisotopic (exact) mass is 808 g/mol. The summed E-state index contributed by atoms with van der Waals surface area (Å²) in [4.78, 5) is 13.0. The van der Waals surface area contributed by atoms with Crippen LogP contribution in [0.2, 0.25) is 0 Å². The molecule has 14 heteroatoms. The van der Waals surface area contributed by atoms with Crippen LogP contribution in [0.1, 0.15) is 168 Å². The molecule has 0 radical (unpaired) electrons. The van der Waals surface area contributed by atoms with Gasteiger partial charge in [0.1, 0.15) is 30.5 Å². The van der Waals surface area contributed by atoms with E-state index in [9.17, 15) is 38.7 Å². The third-order valence-electron chi connectivity index (χ3n) is 10.1. The molecule has 324 valence electrons. The van der Waals surface area contributed by atoms with Gasteiger partial charge in [0, 0.05) is 0 Å². The highest BCUT2D eigenvalue weighted by molar-refractivity contribution is 7.80. The third-order valence-corrected chi connectivity index (χ3v) is 10.5. The number of unbranched alkanes of at least 4 members (excludes halogenated alkanes) is 20. The highest BCUT2D eigenvalue weighted by Gasteiger charge is 2.48. The predicted molar refractivity (Wildman–Crippen MR) is 215 cm³/mol. The molecule has 1 amide bonds. The number of nitrogens with one attached hydrogen (secondary N) is 1. The lowest BCUT2D eigenvalue weighted by Gasteiger charge is -2.41. The Balaban J connectivity index is 2.49. The maximum Gasteiger partial charge on any atom is 0.397 e. The summed E-state index contributed by atoms with van der Waals surface area (Å²) in [7, 11) is -5.11. The third kappa shape index (κ3) is 25.5. The second-order valence-corrected chi connectivity index (χ2v) is 16.1. The second kappa shape index (κ2) is 32.5. The van der Waals surface area contributed by atoms with Crippen molar-refractivity contribution in [3.63, 3.8) is 0 Å². The molecule has 1 saturated heterocycles. The normalized spacial score (nSPS) is 22.4. The molecule has 8 atom stereocenters. The number of hydrogen-bond acceptors (Lipinski definition) is 11. The number of amides is 1. The van der Waals surface area contributed by atoms with Gasteiger partial charge < -0.3 is 40.3 Å². The van der Waals surface area contributed by atoms with E-state index in [0.717, 1.165) is 38.5 Å². The first kappa shape index (κ1) is 51.6. The van der Waals surface area contributed by atoms with Gasteiger partial charge in [-0.3, -0.25) is 9.35 Å². The summed E-state index contributed by atoms with van der Waals surface area (Å²) in [5, 5.41) is 54.7. The summed E-state index contributed by atoms with van der Waals surface area (Å²) in [6.45, 7) is 3.06. The zero-order valence-corrected chi connectivity index (χ0v) is 34.7. The minimum absolute atomic E-state index is 0.240. The van der Waals surface area contributed by atoms with Crippen LogP contribution >= 0.6 is 0 Å². The first-order chi connectivity index (χ1) is 26.4. The Morgan fingerprint density at radius 3 is 1.71 bits per heavy atom. The van der Waals surface area contributed by atoms with E-state index in [0.29, 0.717) is 12.8 Å². The highest BCUT2D eigenvalue weighted by atomic mass is 32.3. The van der Waals surface area contributed by atoms with Gasteiger partial charge in [0.25, 0.3) is 0 Å². The fourth-order valence-corrected chi connectivity index (χ4v) is 7.17. The van der Waals surface area contributed by atoms with Crippen LogP contribution in [0.15, 0.2) is 24.3 Å². The predicted octanol–water partition coefficient (Wildman–Crippen LogP) is 6.35. The van der Waals surface area contributed by atoms with Crippen molar-refractivity contribution in [3.05, 3.63) is 24.3 Å². The molecule has 0 aromatic carbocycles. The minimum Gasteiger partial charge on any atom is -0.394 e. The molecule has 0 aliphatic carbocycles. The molecule has 55 heavy (non-hydrogen) atoms. The number of hydrogen-bond donors (Lipinski definition) is 7. The van der Waals surface area contributed by atoms with Gasteiger partial charge in [-0.2, -0.15) is 8.42 Å². The highest BCUT2D eigenvalue weighted by Crippen LogP contribution is 2.26. The van der Waals surface area contributed by atoms with Crippen LogP contribution in [-0.4, -0.2) is 107 Å². The topological polar surface area (TPSA) is 212 Å². The van der Waals surface area contributed by atoms with Crippen molar-refractivity contribution < 1.29 is 57.0 Å². The van der Waals surface area contributed by atoms with Crippen LogP contribution < -0.4 is 5.32 Å². The molecule has 1 heterocycles. The quantitative estimate of drug-likeness (QED) is 0.0212. The Kier molecular flexibility index (Phi) is 30.5. The van der Waals surface area contributed by atoms with Crippen LogP contribution in [0.3, 0.4) is 0 Å². The molecule has 0 bridgehead atoms. The lowest BCUT2D eigenvalue weighted by Crippen LogP contribution is -2.61. The Morgan fingerprint density at radius 1 is 0.727 bits per heavy atom. The molecule has 0 aromatic heterocycles. The molecule has 0 spiro atoms. The summed E-state index contributed by atoms with van der Waals surface area (Å²) < 4.78 is 47.2. The van der Waals surface area contributed by atoms with Gasteiger partial charge in [0.15, 0.2) is 6.29 Å². The molecule has 0 saturated carbocycles. The summed E-state index contributed by atoms with van der Waals surface area (Å²) in [6, 6.07) is -1.13. The summed E-state index contributed by atoms with van der Waals surface area (Å²) in [5.41, 5.74) is 0. The molecule has 0 aromatic rings. The Hall–Kier alpha value is -1.46. The molecule has 8 unspecified atom stereocenters. The molecule has 13 nitrogen and oxygen atoms in total. The van der Waals surface area contributed by atoms with E-state index in [-0.39, 0.29) is 6.42 Å². The summed E-state index contributed by atoms with van der Waals surface area (Å²) in [5.74, 6) is -0.715. The van der Waals surface area contributed by atoms with Crippen molar-refractivity contribution in [1.29, 1.82) is 0 Å². The number of allylic oxidation sites excluding steroid dienone is 3. The van der Waals surface area contributed by atoms with Gasteiger partial charge in [-0.15, -0.1) is 0 Å². The average Bonchev–Trinajstić information content (AvgIpc) is 3.15. The zero-order valence-electron chi connectivity index (χ0n) is 33.9. The van der Waals surface area contributed by atoms with E-state index in [1.165, 1.54) is 102 Å². The van der Waals surface area contributed by atoms with E-state index < -0.39 is 78.5 Å². The number of ether oxygens (including phenoxy) is 2. The maximum atomic E-state index is 13.0. The lowest BCUT2D eigenvalue weighted by atomic mass is 9.99. The molecule has 7 N–H and O–H groups in total. The van der Waals surface area contributed by atoms with Crippen molar-refractivity contribution >= 4 is 16.3 Å². The minimum atomic E-state index is -5.11. The summed E-state index contributed by atoms with van der Waals surface area (Å²) in [6.07, 6.45) is 23.2. The fourth-order valence-electron chi connectivity index (χ4n) is 6.66. The number of rotatable bonds is 35. The van der Waals surface area contributed by atoms with Crippen molar-refractivity contribution in [2.24, 2.45) is 0 Å². The van der Waals surface area contributed by atoms with Gasteiger partial charge in [-0.1, -0.05) is 167 Å². The van der Waals surface area contributed by atoms with E-state index in [2.05, 4.69) is 29.4 Å². The Bertz CT molecular complexity index is 1110. The zero-order chi connectivity index (χ0) is 40.7. The number of carbonyl (C=O) groups excluding carboxylic acids is 1. The Labute approximate surface area is 332 Å². The van der Waals surface area contributed by atoms with E-state index in [1.807, 2.05) is 6.08 Å². The van der Waals surface area contributed by atoms with Gasteiger partial charge in [0.2, 0.25) is 5.91 Å². The molecular weight excluding hydrogens is 731 g/mol. The van der Waals surface area contributed by atoms with Crippen LogP contribution in [0.5, 0.6) is 0 Å². The molecule has 1 aliphatic heterocycles. The van der Waals surface area contributed by atoms with Crippen LogP contribution in [0.25, 0.3) is 0 Å². The standard InChI is InChI=1S/C41H77NO12S/c1-3-5-7-9-11-12-13-14-15-16-17-18-19-20-21-22-24-26-28-30-35(45)40(48)42-33(34(44)29-27-25-23-10-8-6-4-2)32-52-41-38(47)39(54-55(49,50)51)37(46)36(31-43)53-41/h8,10,27,29,33-39,41,43-47H,3-7,9,11-26,28,30-32H2,1-2H3,(H,42,48)(H,49,50,51)/b10-8+,29-27+.